The van der Waals surface area contributed by atoms with Crippen molar-refractivity contribution in [3.05, 3.63) is 59.2 Å². The highest BCUT2D eigenvalue weighted by Crippen LogP contribution is 2.21. The van der Waals surface area contributed by atoms with E-state index in [1.807, 2.05) is 63.2 Å². The van der Waals surface area contributed by atoms with Crippen LogP contribution in [0.25, 0.3) is 0 Å². The highest BCUT2D eigenvalue weighted by atomic mass is 16.5. The van der Waals surface area contributed by atoms with Crippen molar-refractivity contribution in [1.29, 1.82) is 0 Å². The molecule has 0 aliphatic carbocycles. The number of benzene rings is 2. The Balaban J connectivity index is 1.95. The quantitative estimate of drug-likeness (QED) is 0.837. The maximum atomic E-state index is 12.2. The smallest absolute Gasteiger partial charge is 0.258 e. The molecule has 128 valence electrons. The fraction of sp³-hybridized carbons (Fsp3) is 0.350. The average Bonchev–Trinajstić information content (AvgIpc) is 2.60. The number of hydrogen-bond acceptors (Lipinski definition) is 3. The van der Waals surface area contributed by atoms with E-state index in [2.05, 4.69) is 5.32 Å². The standard InChI is InChI=1S/C20H25NO3/c1-5-18(16-8-10-17(23-4)11-9-16)21-20(22)13-24-19-12-14(2)6-7-15(19)3/h6-12,18H,5,13H2,1-4H3,(H,21,22)/t18-/m0/s1. The van der Waals surface area contributed by atoms with Crippen molar-refractivity contribution in [3.63, 3.8) is 0 Å². The van der Waals surface area contributed by atoms with Crippen LogP contribution in [0, 0.1) is 13.8 Å². The van der Waals surface area contributed by atoms with Crippen molar-refractivity contribution in [2.45, 2.75) is 33.2 Å². The molecule has 0 saturated carbocycles. The summed E-state index contributed by atoms with van der Waals surface area (Å²) in [5.41, 5.74) is 3.19. The molecule has 2 aromatic rings. The van der Waals surface area contributed by atoms with Gasteiger partial charge in [-0.15, -0.1) is 0 Å². The average molecular weight is 327 g/mol. The van der Waals surface area contributed by atoms with Crippen LogP contribution in [0.5, 0.6) is 11.5 Å². The van der Waals surface area contributed by atoms with Crippen LogP contribution in [-0.2, 0) is 4.79 Å². The van der Waals surface area contributed by atoms with E-state index in [1.165, 1.54) is 0 Å². The van der Waals surface area contributed by atoms with Gasteiger partial charge in [0.2, 0.25) is 0 Å². The fourth-order valence-electron chi connectivity index (χ4n) is 2.50. The fourth-order valence-corrected chi connectivity index (χ4v) is 2.50. The Morgan fingerprint density at radius 3 is 2.46 bits per heavy atom. The molecule has 4 heteroatoms. The number of ether oxygens (including phenoxy) is 2. The Labute approximate surface area is 143 Å². The molecule has 0 radical (unpaired) electrons. The molecular weight excluding hydrogens is 302 g/mol. The summed E-state index contributed by atoms with van der Waals surface area (Å²) in [6, 6.07) is 13.7. The third-order valence-corrected chi connectivity index (χ3v) is 3.96. The normalized spacial score (nSPS) is 11.7. The molecule has 0 bridgehead atoms. The molecule has 0 fully saturated rings. The zero-order valence-corrected chi connectivity index (χ0v) is 14.8. The van der Waals surface area contributed by atoms with Crippen molar-refractivity contribution < 1.29 is 14.3 Å². The first kappa shape index (κ1) is 17.9. The van der Waals surface area contributed by atoms with Crippen LogP contribution in [0.1, 0.15) is 36.1 Å². The van der Waals surface area contributed by atoms with Gasteiger partial charge in [-0.1, -0.05) is 31.2 Å². The van der Waals surface area contributed by atoms with Gasteiger partial charge in [0.1, 0.15) is 11.5 Å². The lowest BCUT2D eigenvalue weighted by atomic mass is 10.0. The Morgan fingerprint density at radius 1 is 1.12 bits per heavy atom. The molecule has 2 rings (SSSR count). The Bertz CT molecular complexity index is 680. The molecular formula is C20H25NO3. The summed E-state index contributed by atoms with van der Waals surface area (Å²) in [7, 11) is 1.64. The van der Waals surface area contributed by atoms with Gasteiger partial charge in [0.15, 0.2) is 6.61 Å². The largest absolute Gasteiger partial charge is 0.497 e. The molecule has 1 N–H and O–H groups in total. The number of carbonyl (C=O) groups is 1. The molecule has 0 aliphatic heterocycles. The summed E-state index contributed by atoms with van der Waals surface area (Å²) in [6.45, 7) is 6.03. The monoisotopic (exact) mass is 327 g/mol. The summed E-state index contributed by atoms with van der Waals surface area (Å²) >= 11 is 0. The van der Waals surface area contributed by atoms with Gasteiger partial charge in [0, 0.05) is 0 Å². The van der Waals surface area contributed by atoms with Crippen LogP contribution >= 0.6 is 0 Å². The van der Waals surface area contributed by atoms with Crippen molar-refractivity contribution >= 4 is 5.91 Å². The molecule has 1 atom stereocenters. The van der Waals surface area contributed by atoms with Gasteiger partial charge >= 0.3 is 0 Å². The number of hydrogen-bond donors (Lipinski definition) is 1. The van der Waals surface area contributed by atoms with E-state index in [-0.39, 0.29) is 18.6 Å². The SMILES string of the molecule is CC[C@H](NC(=O)COc1cc(C)ccc1C)c1ccc(OC)cc1. The topological polar surface area (TPSA) is 47.6 Å². The van der Waals surface area contributed by atoms with Crippen LogP contribution in [-0.4, -0.2) is 19.6 Å². The minimum atomic E-state index is -0.126. The van der Waals surface area contributed by atoms with Gasteiger partial charge in [-0.2, -0.15) is 0 Å². The van der Waals surface area contributed by atoms with E-state index in [0.717, 1.165) is 34.6 Å². The highest BCUT2D eigenvalue weighted by Gasteiger charge is 2.13. The third-order valence-electron chi connectivity index (χ3n) is 3.96. The number of carbonyl (C=O) groups excluding carboxylic acids is 1. The first-order valence-electron chi connectivity index (χ1n) is 8.16. The number of methoxy groups -OCH3 is 1. The predicted molar refractivity (Wildman–Crippen MR) is 95.6 cm³/mol. The summed E-state index contributed by atoms with van der Waals surface area (Å²) in [5, 5.41) is 3.02. The predicted octanol–water partition coefficient (Wildman–Crippen LogP) is 3.96. The number of rotatable bonds is 7. The molecule has 4 nitrogen and oxygen atoms in total. The van der Waals surface area contributed by atoms with E-state index >= 15 is 0 Å². The van der Waals surface area contributed by atoms with Gasteiger partial charge in [-0.05, 0) is 55.2 Å². The van der Waals surface area contributed by atoms with Crippen LogP contribution < -0.4 is 14.8 Å². The minimum Gasteiger partial charge on any atom is -0.497 e. The van der Waals surface area contributed by atoms with Gasteiger partial charge < -0.3 is 14.8 Å². The van der Waals surface area contributed by atoms with Crippen LogP contribution in [0.3, 0.4) is 0 Å². The van der Waals surface area contributed by atoms with E-state index in [0.29, 0.717) is 0 Å². The lowest BCUT2D eigenvalue weighted by Crippen LogP contribution is -2.32. The third kappa shape index (κ3) is 4.75. The zero-order valence-electron chi connectivity index (χ0n) is 14.8. The second-order valence-corrected chi connectivity index (χ2v) is 5.86. The second kappa shape index (κ2) is 8.39. The summed E-state index contributed by atoms with van der Waals surface area (Å²) in [6.07, 6.45) is 0.807. The molecule has 0 unspecified atom stereocenters. The van der Waals surface area contributed by atoms with E-state index in [1.54, 1.807) is 7.11 Å². The van der Waals surface area contributed by atoms with Crippen LogP contribution in [0.15, 0.2) is 42.5 Å². The van der Waals surface area contributed by atoms with Crippen molar-refractivity contribution in [2.24, 2.45) is 0 Å². The van der Waals surface area contributed by atoms with E-state index in [9.17, 15) is 4.79 Å². The summed E-state index contributed by atoms with van der Waals surface area (Å²) in [4.78, 5) is 12.2. The maximum absolute atomic E-state index is 12.2. The van der Waals surface area contributed by atoms with Crippen molar-refractivity contribution in [1.82, 2.24) is 5.32 Å². The highest BCUT2D eigenvalue weighted by molar-refractivity contribution is 5.78. The zero-order chi connectivity index (χ0) is 17.5. The molecule has 0 heterocycles. The van der Waals surface area contributed by atoms with Crippen molar-refractivity contribution in [2.75, 3.05) is 13.7 Å². The summed E-state index contributed by atoms with van der Waals surface area (Å²) in [5.74, 6) is 1.43. The van der Waals surface area contributed by atoms with Crippen molar-refractivity contribution in [3.8, 4) is 11.5 Å². The molecule has 2 aromatic carbocycles. The number of nitrogens with one attached hydrogen (secondary N) is 1. The van der Waals surface area contributed by atoms with Gasteiger partial charge in [-0.25, -0.2) is 0 Å². The molecule has 1 amide bonds. The first-order chi connectivity index (χ1) is 11.5. The molecule has 0 saturated heterocycles. The van der Waals surface area contributed by atoms with Crippen LogP contribution in [0.4, 0.5) is 0 Å². The van der Waals surface area contributed by atoms with E-state index < -0.39 is 0 Å². The lowest BCUT2D eigenvalue weighted by molar-refractivity contribution is -0.123. The van der Waals surface area contributed by atoms with Gasteiger partial charge in [0.05, 0.1) is 13.2 Å². The number of amides is 1. The Morgan fingerprint density at radius 2 is 1.83 bits per heavy atom. The van der Waals surface area contributed by atoms with E-state index in [4.69, 9.17) is 9.47 Å². The molecule has 0 aliphatic rings. The van der Waals surface area contributed by atoms with Crippen LogP contribution in [0.2, 0.25) is 0 Å². The van der Waals surface area contributed by atoms with Gasteiger partial charge in [-0.3, -0.25) is 4.79 Å². The van der Waals surface area contributed by atoms with Gasteiger partial charge in [0.25, 0.3) is 5.91 Å². The molecule has 0 aromatic heterocycles. The maximum Gasteiger partial charge on any atom is 0.258 e. The Hall–Kier alpha value is -2.49. The summed E-state index contributed by atoms with van der Waals surface area (Å²) < 4.78 is 10.8. The Kier molecular flexibility index (Phi) is 6.24. The lowest BCUT2D eigenvalue weighted by Gasteiger charge is -2.18. The molecule has 24 heavy (non-hydrogen) atoms. The molecule has 0 spiro atoms. The second-order valence-electron chi connectivity index (χ2n) is 5.86. The first-order valence-corrected chi connectivity index (χ1v) is 8.16. The number of aryl methyl sites for hydroxylation is 2. The minimum absolute atomic E-state index is 0.0109.